The second kappa shape index (κ2) is 10.5. The van der Waals surface area contributed by atoms with Crippen LogP contribution in [0.15, 0.2) is 11.1 Å². The van der Waals surface area contributed by atoms with Gasteiger partial charge in [-0.1, -0.05) is 6.42 Å². The SMILES string of the molecule is [CH2-]CNC(=O)OCC1CCCCc2cc(C(=O)N=C(N)N)c(C)nc21.[Na+]. The molecule has 2 amide bonds. The molecule has 1 unspecified atom stereocenters. The number of nitrogens with one attached hydrogen (secondary N) is 1. The summed E-state index contributed by atoms with van der Waals surface area (Å²) in [5.41, 5.74) is 13.4. The van der Waals surface area contributed by atoms with Crippen molar-refractivity contribution < 1.29 is 43.9 Å². The van der Waals surface area contributed by atoms with Gasteiger partial charge in [-0.05, 0) is 37.8 Å². The Bertz CT molecular complexity index is 689. The second-order valence-corrected chi connectivity index (χ2v) is 5.98. The van der Waals surface area contributed by atoms with Crippen LogP contribution in [0.3, 0.4) is 0 Å². The van der Waals surface area contributed by atoms with Gasteiger partial charge in [-0.25, -0.2) is 4.79 Å². The molecule has 1 aliphatic rings. The van der Waals surface area contributed by atoms with E-state index in [4.69, 9.17) is 16.2 Å². The van der Waals surface area contributed by atoms with E-state index >= 15 is 0 Å². The molecule has 0 saturated carbocycles. The van der Waals surface area contributed by atoms with Crippen molar-refractivity contribution in [3.8, 4) is 0 Å². The van der Waals surface area contributed by atoms with Crippen LogP contribution in [0.5, 0.6) is 0 Å². The van der Waals surface area contributed by atoms with Crippen LogP contribution in [-0.4, -0.2) is 36.1 Å². The van der Waals surface area contributed by atoms with Crippen molar-refractivity contribution in [3.05, 3.63) is 35.5 Å². The van der Waals surface area contributed by atoms with E-state index in [1.807, 2.05) is 0 Å². The smallest absolute Gasteiger partial charge is 0.449 e. The number of fused-ring (bicyclic) bond motifs is 1. The summed E-state index contributed by atoms with van der Waals surface area (Å²) in [6.07, 6.45) is 3.18. The molecular weight excluding hydrogens is 345 g/mol. The number of carbonyl (C=O) groups is 2. The van der Waals surface area contributed by atoms with Gasteiger partial charge in [-0.15, -0.1) is 6.54 Å². The third kappa shape index (κ3) is 5.96. The van der Waals surface area contributed by atoms with Crippen molar-refractivity contribution in [1.82, 2.24) is 10.3 Å². The molecule has 136 valence electrons. The fourth-order valence-electron chi connectivity index (χ4n) is 2.95. The summed E-state index contributed by atoms with van der Waals surface area (Å²) in [6.45, 7) is 5.80. The summed E-state index contributed by atoms with van der Waals surface area (Å²) in [4.78, 5) is 31.9. The minimum Gasteiger partial charge on any atom is -0.449 e. The van der Waals surface area contributed by atoms with Crippen LogP contribution in [0.4, 0.5) is 4.79 Å². The molecule has 0 saturated heterocycles. The molecule has 1 aromatic heterocycles. The Balaban J connectivity index is 0.00000338. The summed E-state index contributed by atoms with van der Waals surface area (Å²) in [5.74, 6) is -0.777. The van der Waals surface area contributed by atoms with Gasteiger partial charge in [0.05, 0.1) is 17.0 Å². The molecule has 2 rings (SSSR count). The number of aryl methyl sites for hydroxylation is 2. The van der Waals surface area contributed by atoms with E-state index in [0.717, 1.165) is 36.9 Å². The molecular formula is C17H24N5NaO3. The monoisotopic (exact) mass is 369 g/mol. The standard InChI is InChI=1S/C17H24N5O3.Na/c1-3-20-17(24)25-9-12-7-5-4-6-11-8-13(10(2)21-14(11)12)15(23)22-16(18)19;/h8,12H,1,3-7,9H2,2H3,(H,20,24)(H4,18,19,22,23);/q-1;+1. The Morgan fingerprint density at radius 2 is 2.15 bits per heavy atom. The molecule has 0 radical (unpaired) electrons. The van der Waals surface area contributed by atoms with E-state index in [1.165, 1.54) is 0 Å². The number of rotatable bonds is 4. The maximum atomic E-state index is 12.1. The van der Waals surface area contributed by atoms with E-state index in [-0.39, 0.29) is 54.6 Å². The Morgan fingerprint density at radius 1 is 1.42 bits per heavy atom. The minimum atomic E-state index is -0.500. The molecule has 0 aromatic carbocycles. The van der Waals surface area contributed by atoms with Crippen LogP contribution < -0.4 is 46.3 Å². The molecule has 26 heavy (non-hydrogen) atoms. The Morgan fingerprint density at radius 3 is 2.81 bits per heavy atom. The summed E-state index contributed by atoms with van der Waals surface area (Å²) in [5, 5.41) is 2.50. The fourth-order valence-corrected chi connectivity index (χ4v) is 2.95. The molecule has 5 N–H and O–H groups in total. The summed E-state index contributed by atoms with van der Waals surface area (Å²) >= 11 is 0. The van der Waals surface area contributed by atoms with Gasteiger partial charge in [-0.3, -0.25) is 9.78 Å². The number of hydrogen-bond donors (Lipinski definition) is 3. The first-order valence-electron chi connectivity index (χ1n) is 8.26. The third-order valence-electron chi connectivity index (χ3n) is 4.11. The predicted octanol–water partition coefficient (Wildman–Crippen LogP) is -1.82. The number of ether oxygens (including phenoxy) is 1. The van der Waals surface area contributed by atoms with Gasteiger partial charge < -0.3 is 28.4 Å². The van der Waals surface area contributed by atoms with Crippen LogP contribution >= 0.6 is 0 Å². The first-order valence-corrected chi connectivity index (χ1v) is 8.26. The molecule has 8 nitrogen and oxygen atoms in total. The molecule has 0 bridgehead atoms. The van der Waals surface area contributed by atoms with E-state index in [9.17, 15) is 9.59 Å². The zero-order valence-corrected chi connectivity index (χ0v) is 17.4. The van der Waals surface area contributed by atoms with Crippen molar-refractivity contribution in [1.29, 1.82) is 0 Å². The number of aliphatic imine (C=N–C) groups is 1. The molecule has 0 spiro atoms. The van der Waals surface area contributed by atoms with Crippen LogP contribution in [0.1, 0.15) is 52.5 Å². The second-order valence-electron chi connectivity index (χ2n) is 5.98. The molecule has 1 atom stereocenters. The number of carbonyl (C=O) groups excluding carboxylic acids is 2. The summed E-state index contributed by atoms with van der Waals surface area (Å²) in [7, 11) is 0. The van der Waals surface area contributed by atoms with Gasteiger partial charge in [0.1, 0.15) is 6.61 Å². The van der Waals surface area contributed by atoms with Crippen molar-refractivity contribution in [2.45, 2.75) is 38.5 Å². The van der Waals surface area contributed by atoms with Crippen LogP contribution in [-0.2, 0) is 11.2 Å². The molecule has 1 heterocycles. The number of nitrogens with two attached hydrogens (primary N) is 2. The Hall–Kier alpha value is -1.64. The van der Waals surface area contributed by atoms with E-state index in [0.29, 0.717) is 11.3 Å². The number of hydrogen-bond acceptors (Lipinski definition) is 4. The van der Waals surface area contributed by atoms with Gasteiger partial charge >= 0.3 is 35.7 Å². The maximum Gasteiger partial charge on any atom is 1.00 e. The number of nitrogens with zero attached hydrogens (tertiary/aromatic N) is 2. The van der Waals surface area contributed by atoms with Gasteiger partial charge in [0.2, 0.25) is 0 Å². The average Bonchev–Trinajstić information content (AvgIpc) is 2.73. The van der Waals surface area contributed by atoms with Gasteiger partial charge in [-0.2, -0.15) is 4.99 Å². The topological polar surface area (TPSA) is 133 Å². The Kier molecular flexibility index (Phi) is 9.04. The molecule has 0 fully saturated rings. The predicted molar refractivity (Wildman–Crippen MR) is 94.1 cm³/mol. The van der Waals surface area contributed by atoms with Crippen LogP contribution in [0.2, 0.25) is 0 Å². The number of aromatic nitrogens is 1. The van der Waals surface area contributed by atoms with Gasteiger partial charge in [0.15, 0.2) is 5.96 Å². The zero-order chi connectivity index (χ0) is 18.4. The van der Waals surface area contributed by atoms with Crippen molar-refractivity contribution in [2.24, 2.45) is 16.5 Å². The first kappa shape index (κ1) is 22.4. The number of pyridine rings is 1. The number of amides is 2. The largest absolute Gasteiger partial charge is 1.00 e. The van der Waals surface area contributed by atoms with Crippen LogP contribution in [0, 0.1) is 13.8 Å². The van der Waals surface area contributed by atoms with Crippen LogP contribution in [0.25, 0.3) is 0 Å². The van der Waals surface area contributed by atoms with E-state index < -0.39 is 12.0 Å². The fraction of sp³-hybridized carbons (Fsp3) is 0.471. The Labute approximate surface area is 175 Å². The van der Waals surface area contributed by atoms with E-state index in [2.05, 4.69) is 22.2 Å². The van der Waals surface area contributed by atoms with Crippen molar-refractivity contribution >= 4 is 18.0 Å². The number of alkyl carbamates (subject to hydrolysis) is 1. The normalized spacial score (nSPS) is 15.7. The average molecular weight is 369 g/mol. The zero-order valence-electron chi connectivity index (χ0n) is 15.4. The van der Waals surface area contributed by atoms with E-state index in [1.54, 1.807) is 13.0 Å². The van der Waals surface area contributed by atoms with Gasteiger partial charge in [0, 0.05) is 5.92 Å². The first-order chi connectivity index (χ1) is 11.9. The molecule has 9 heteroatoms. The minimum absolute atomic E-state index is 0. The summed E-state index contributed by atoms with van der Waals surface area (Å²) in [6, 6.07) is 1.81. The maximum absolute atomic E-state index is 12.1. The van der Waals surface area contributed by atoms with Crippen molar-refractivity contribution in [2.75, 3.05) is 13.2 Å². The molecule has 0 aliphatic heterocycles. The van der Waals surface area contributed by atoms with Gasteiger partial charge in [0.25, 0.3) is 5.91 Å². The molecule has 1 aromatic rings. The summed E-state index contributed by atoms with van der Waals surface area (Å²) < 4.78 is 5.25. The number of guanidine groups is 1. The van der Waals surface area contributed by atoms with Crippen molar-refractivity contribution in [3.63, 3.8) is 0 Å². The quantitative estimate of drug-likeness (QED) is 0.188. The molecule has 1 aliphatic carbocycles. The third-order valence-corrected chi connectivity index (χ3v) is 4.11.